The third-order valence-electron chi connectivity index (χ3n) is 4.35. The first-order valence-corrected chi connectivity index (χ1v) is 8.28. The number of aryl methyl sites for hydroxylation is 1. The van der Waals surface area contributed by atoms with Gasteiger partial charge in [0.1, 0.15) is 11.6 Å². The van der Waals surface area contributed by atoms with Gasteiger partial charge in [0.2, 0.25) is 0 Å². The van der Waals surface area contributed by atoms with E-state index in [0.717, 1.165) is 24.2 Å². The number of benzene rings is 2. The largest absolute Gasteiger partial charge is 0.508 e. The number of phenolic OH excluding ortho intramolecular Hbond substituents is 1. The fourth-order valence-electron chi connectivity index (χ4n) is 3.02. The van der Waals surface area contributed by atoms with Gasteiger partial charge in [0, 0.05) is 18.5 Å². The quantitative estimate of drug-likeness (QED) is 0.557. The molecule has 0 bridgehead atoms. The summed E-state index contributed by atoms with van der Waals surface area (Å²) in [6.07, 6.45) is 3.17. The Morgan fingerprint density at radius 1 is 1.23 bits per heavy atom. The zero-order valence-corrected chi connectivity index (χ0v) is 13.8. The Kier molecular flexibility index (Phi) is 3.96. The van der Waals surface area contributed by atoms with Crippen molar-refractivity contribution in [1.82, 2.24) is 15.0 Å². The van der Waals surface area contributed by atoms with Crippen LogP contribution in [0.15, 0.2) is 52.4 Å². The molecule has 2 aromatic carbocycles. The van der Waals surface area contributed by atoms with Crippen LogP contribution in [-0.2, 0) is 13.0 Å². The van der Waals surface area contributed by atoms with Crippen LogP contribution in [0.3, 0.4) is 0 Å². The minimum Gasteiger partial charge on any atom is -0.508 e. The van der Waals surface area contributed by atoms with Crippen LogP contribution >= 0.6 is 0 Å². The number of carbonyl (C=O) groups is 1. The van der Waals surface area contributed by atoms with E-state index >= 15 is 0 Å². The van der Waals surface area contributed by atoms with Crippen molar-refractivity contribution in [2.45, 2.75) is 19.4 Å². The molecule has 7 nitrogen and oxygen atoms in total. The van der Waals surface area contributed by atoms with Gasteiger partial charge >= 0.3 is 0 Å². The molecule has 26 heavy (non-hydrogen) atoms. The van der Waals surface area contributed by atoms with Gasteiger partial charge in [-0.25, -0.2) is 10.4 Å². The third-order valence-corrected chi connectivity index (χ3v) is 4.35. The Bertz CT molecular complexity index is 1080. The van der Waals surface area contributed by atoms with Crippen molar-refractivity contribution in [2.24, 2.45) is 5.10 Å². The van der Waals surface area contributed by atoms with Gasteiger partial charge in [-0.1, -0.05) is 0 Å². The highest BCUT2D eigenvalue weighted by molar-refractivity contribution is 5.98. The van der Waals surface area contributed by atoms with Crippen molar-refractivity contribution >= 4 is 23.0 Å². The predicted octanol–water partition coefficient (Wildman–Crippen LogP) is 1.81. The van der Waals surface area contributed by atoms with Crippen molar-refractivity contribution < 1.29 is 9.90 Å². The first-order chi connectivity index (χ1) is 12.6. The molecular formula is C19H16N4O3. The molecule has 1 aliphatic heterocycles. The van der Waals surface area contributed by atoms with E-state index in [1.54, 1.807) is 34.9 Å². The van der Waals surface area contributed by atoms with Crippen LogP contribution in [0.1, 0.15) is 28.2 Å². The van der Waals surface area contributed by atoms with E-state index in [0.29, 0.717) is 23.0 Å². The molecule has 0 fully saturated rings. The third kappa shape index (κ3) is 2.95. The second-order valence-electron chi connectivity index (χ2n) is 6.11. The Morgan fingerprint density at radius 3 is 2.85 bits per heavy atom. The highest BCUT2D eigenvalue weighted by atomic mass is 16.3. The number of nitrogens with one attached hydrogen (secondary N) is 1. The molecule has 4 rings (SSSR count). The Hall–Kier alpha value is -3.48. The number of fused-ring (bicyclic) bond motifs is 2. The van der Waals surface area contributed by atoms with Crippen molar-refractivity contribution in [1.29, 1.82) is 0 Å². The van der Waals surface area contributed by atoms with E-state index in [-0.39, 0.29) is 17.2 Å². The van der Waals surface area contributed by atoms with Gasteiger partial charge in [-0.3, -0.25) is 14.2 Å². The Morgan fingerprint density at radius 2 is 2.04 bits per heavy atom. The van der Waals surface area contributed by atoms with E-state index in [2.05, 4.69) is 15.5 Å². The smallest absolute Gasteiger partial charge is 0.271 e. The Labute approximate surface area is 148 Å². The average molecular weight is 348 g/mol. The van der Waals surface area contributed by atoms with Gasteiger partial charge in [0.25, 0.3) is 11.5 Å². The van der Waals surface area contributed by atoms with Gasteiger partial charge in [0.05, 0.1) is 17.1 Å². The van der Waals surface area contributed by atoms with Crippen LogP contribution < -0.4 is 11.0 Å². The zero-order valence-electron chi connectivity index (χ0n) is 13.8. The van der Waals surface area contributed by atoms with Gasteiger partial charge in [-0.2, -0.15) is 5.10 Å². The summed E-state index contributed by atoms with van der Waals surface area (Å²) in [6.45, 7) is 0.700. The summed E-state index contributed by atoms with van der Waals surface area (Å²) in [5.41, 5.74) is 4.05. The van der Waals surface area contributed by atoms with Gasteiger partial charge < -0.3 is 5.11 Å². The molecule has 2 heterocycles. The van der Waals surface area contributed by atoms with Crippen molar-refractivity contribution in [3.8, 4) is 5.75 Å². The number of aromatic nitrogens is 2. The molecule has 2 N–H and O–H groups in total. The molecule has 0 saturated heterocycles. The van der Waals surface area contributed by atoms with E-state index in [9.17, 15) is 14.7 Å². The molecule has 1 aliphatic rings. The number of nitrogens with zero attached hydrogens (tertiary/aromatic N) is 3. The first kappa shape index (κ1) is 16.0. The molecule has 1 aromatic heterocycles. The lowest BCUT2D eigenvalue weighted by atomic mass is 10.1. The molecule has 0 spiro atoms. The summed E-state index contributed by atoms with van der Waals surface area (Å²) in [5, 5.41) is 13.7. The number of aromatic hydroxyl groups is 1. The topological polar surface area (TPSA) is 96.6 Å². The minimum atomic E-state index is -0.385. The van der Waals surface area contributed by atoms with Crippen molar-refractivity contribution in [2.75, 3.05) is 0 Å². The maximum absolute atomic E-state index is 12.4. The summed E-state index contributed by atoms with van der Waals surface area (Å²) < 4.78 is 1.70. The van der Waals surface area contributed by atoms with E-state index in [1.807, 2.05) is 0 Å². The highest BCUT2D eigenvalue weighted by Gasteiger charge is 2.16. The number of rotatable bonds is 3. The van der Waals surface area contributed by atoms with Crippen LogP contribution in [0.2, 0.25) is 0 Å². The minimum absolute atomic E-state index is 0.0557. The molecule has 1 amide bonds. The summed E-state index contributed by atoms with van der Waals surface area (Å²) >= 11 is 0. The lowest BCUT2D eigenvalue weighted by Crippen LogP contribution is -2.22. The molecule has 130 valence electrons. The van der Waals surface area contributed by atoms with Gasteiger partial charge in [-0.05, 0) is 54.4 Å². The lowest BCUT2D eigenvalue weighted by Gasteiger charge is -2.06. The van der Waals surface area contributed by atoms with Crippen LogP contribution in [0.4, 0.5) is 0 Å². The van der Waals surface area contributed by atoms with E-state index in [4.69, 9.17) is 0 Å². The second-order valence-corrected chi connectivity index (χ2v) is 6.11. The van der Waals surface area contributed by atoms with Crippen LogP contribution in [-0.4, -0.2) is 26.8 Å². The number of hydrogen-bond donors (Lipinski definition) is 2. The maximum Gasteiger partial charge on any atom is 0.271 e. The number of hydrogen-bond acceptors (Lipinski definition) is 5. The van der Waals surface area contributed by atoms with Crippen molar-refractivity contribution in [3.05, 3.63) is 69.8 Å². The fraction of sp³-hybridized carbons (Fsp3) is 0.158. The highest BCUT2D eigenvalue weighted by Crippen LogP contribution is 2.16. The summed E-state index contributed by atoms with van der Waals surface area (Å²) in [4.78, 5) is 29.2. The van der Waals surface area contributed by atoms with E-state index in [1.165, 1.54) is 18.3 Å². The monoisotopic (exact) mass is 348 g/mol. The van der Waals surface area contributed by atoms with Crippen LogP contribution in [0, 0.1) is 0 Å². The predicted molar refractivity (Wildman–Crippen MR) is 97.5 cm³/mol. The summed E-state index contributed by atoms with van der Waals surface area (Å²) in [5.74, 6) is 0.548. The standard InChI is InChI=1S/C19H16N4O3/c24-14-6-3-12(4-7-14)11-20-22-18(25)13-5-8-15-16(10-13)21-17-2-1-9-23(17)19(15)26/h3-8,10-11,24H,1-2,9H2,(H,22,25)/b20-11+. The molecule has 0 atom stereocenters. The van der Waals surface area contributed by atoms with E-state index < -0.39 is 0 Å². The summed E-state index contributed by atoms with van der Waals surface area (Å²) in [6, 6.07) is 11.3. The Balaban J connectivity index is 1.56. The molecule has 7 heteroatoms. The van der Waals surface area contributed by atoms with Crippen molar-refractivity contribution in [3.63, 3.8) is 0 Å². The fourth-order valence-corrected chi connectivity index (χ4v) is 3.02. The molecule has 0 radical (unpaired) electrons. The summed E-state index contributed by atoms with van der Waals surface area (Å²) in [7, 11) is 0. The number of carbonyl (C=O) groups excluding carboxylic acids is 1. The number of phenols is 1. The van der Waals surface area contributed by atoms with Gasteiger partial charge in [0.15, 0.2) is 0 Å². The lowest BCUT2D eigenvalue weighted by molar-refractivity contribution is 0.0955. The van der Waals surface area contributed by atoms with Crippen LogP contribution in [0.25, 0.3) is 10.9 Å². The maximum atomic E-state index is 12.4. The number of hydrazone groups is 1. The molecule has 3 aromatic rings. The normalized spacial score (nSPS) is 13.2. The number of amides is 1. The molecule has 0 saturated carbocycles. The second kappa shape index (κ2) is 6.44. The average Bonchev–Trinajstić information content (AvgIpc) is 3.12. The molecular weight excluding hydrogens is 332 g/mol. The SMILES string of the molecule is O=C(N/N=C/c1ccc(O)cc1)c1ccc2c(=O)n3c(nc2c1)CCC3. The zero-order chi connectivity index (χ0) is 18.1. The van der Waals surface area contributed by atoms with Gasteiger partial charge in [-0.15, -0.1) is 0 Å². The molecule has 0 aliphatic carbocycles. The molecule has 0 unspecified atom stereocenters. The van der Waals surface area contributed by atoms with Crippen LogP contribution in [0.5, 0.6) is 5.75 Å². The first-order valence-electron chi connectivity index (χ1n) is 8.28.